The largest absolute Gasteiger partial charge is 0.493 e. The summed E-state index contributed by atoms with van der Waals surface area (Å²) in [5.74, 6) is 2.21. The van der Waals surface area contributed by atoms with Crippen molar-refractivity contribution in [2.75, 3.05) is 32.1 Å². The molecular formula is C23H29N3O3. The maximum absolute atomic E-state index is 5.94. The molecule has 0 saturated heterocycles. The van der Waals surface area contributed by atoms with E-state index in [0.29, 0.717) is 12.4 Å². The molecule has 3 aromatic rings. The molecule has 0 spiro atoms. The monoisotopic (exact) mass is 395 g/mol. The van der Waals surface area contributed by atoms with E-state index in [9.17, 15) is 0 Å². The average molecular weight is 396 g/mol. The maximum Gasteiger partial charge on any atom is 0.161 e. The Balaban J connectivity index is 1.50. The van der Waals surface area contributed by atoms with Gasteiger partial charge in [0.1, 0.15) is 12.4 Å². The summed E-state index contributed by atoms with van der Waals surface area (Å²) in [5.41, 5.74) is 4.19. The van der Waals surface area contributed by atoms with Crippen LogP contribution >= 0.6 is 0 Å². The maximum atomic E-state index is 5.94. The zero-order chi connectivity index (χ0) is 20.6. The number of nitrogens with zero attached hydrogens (tertiary/aromatic N) is 2. The van der Waals surface area contributed by atoms with Gasteiger partial charge in [-0.25, -0.2) is 0 Å². The second kappa shape index (κ2) is 9.98. The van der Waals surface area contributed by atoms with Crippen LogP contribution in [0, 0.1) is 13.8 Å². The smallest absolute Gasteiger partial charge is 0.161 e. The van der Waals surface area contributed by atoms with E-state index in [1.807, 2.05) is 32.0 Å². The number of aryl methyl sites for hydroxylation is 2. The zero-order valence-corrected chi connectivity index (χ0v) is 17.6. The standard InChI is InChI=1S/C23H29N3O3/c1-17-21(18(2)29-25-17)16-28-22-11-10-19(14-23(22)27-4)15-24-12-13-26(3)20-8-6-5-7-9-20/h5-11,14,24H,12-13,15-16H2,1-4H3. The van der Waals surface area contributed by atoms with Gasteiger partial charge >= 0.3 is 0 Å². The van der Waals surface area contributed by atoms with Crippen molar-refractivity contribution in [2.45, 2.75) is 27.0 Å². The topological polar surface area (TPSA) is 59.8 Å². The normalized spacial score (nSPS) is 10.8. The fourth-order valence-corrected chi connectivity index (χ4v) is 3.09. The van der Waals surface area contributed by atoms with Gasteiger partial charge in [0.05, 0.1) is 18.4 Å². The lowest BCUT2D eigenvalue weighted by Crippen LogP contribution is -2.28. The first-order chi connectivity index (χ1) is 14.1. The van der Waals surface area contributed by atoms with Crippen LogP contribution in [-0.2, 0) is 13.2 Å². The molecule has 1 aromatic heterocycles. The number of anilines is 1. The van der Waals surface area contributed by atoms with Crippen LogP contribution in [0.5, 0.6) is 11.5 Å². The molecule has 29 heavy (non-hydrogen) atoms. The fraction of sp³-hybridized carbons (Fsp3) is 0.348. The van der Waals surface area contributed by atoms with Crippen molar-refractivity contribution in [3.8, 4) is 11.5 Å². The molecule has 0 fully saturated rings. The van der Waals surface area contributed by atoms with E-state index in [2.05, 4.69) is 52.8 Å². The lowest BCUT2D eigenvalue weighted by atomic mass is 10.2. The number of nitrogens with one attached hydrogen (secondary N) is 1. The van der Waals surface area contributed by atoms with Crippen LogP contribution in [0.15, 0.2) is 53.1 Å². The quantitative estimate of drug-likeness (QED) is 0.522. The van der Waals surface area contributed by atoms with Crippen molar-refractivity contribution in [1.29, 1.82) is 0 Å². The zero-order valence-electron chi connectivity index (χ0n) is 17.6. The number of hydrogen-bond donors (Lipinski definition) is 1. The summed E-state index contributed by atoms with van der Waals surface area (Å²) >= 11 is 0. The van der Waals surface area contributed by atoms with Gasteiger partial charge in [0.25, 0.3) is 0 Å². The minimum atomic E-state index is 0.404. The summed E-state index contributed by atoms with van der Waals surface area (Å²) in [7, 11) is 3.76. The lowest BCUT2D eigenvalue weighted by Gasteiger charge is -2.19. The molecular weight excluding hydrogens is 366 g/mol. The minimum absolute atomic E-state index is 0.404. The van der Waals surface area contributed by atoms with E-state index < -0.39 is 0 Å². The van der Waals surface area contributed by atoms with Crippen molar-refractivity contribution in [1.82, 2.24) is 10.5 Å². The predicted molar refractivity (Wildman–Crippen MR) is 115 cm³/mol. The minimum Gasteiger partial charge on any atom is -0.493 e. The number of ether oxygens (including phenoxy) is 2. The van der Waals surface area contributed by atoms with Crippen molar-refractivity contribution in [3.63, 3.8) is 0 Å². The van der Waals surface area contributed by atoms with E-state index in [0.717, 1.165) is 48.0 Å². The first-order valence-corrected chi connectivity index (χ1v) is 9.77. The second-order valence-corrected chi connectivity index (χ2v) is 7.01. The molecule has 2 aromatic carbocycles. The molecule has 0 amide bonds. The number of para-hydroxylation sites is 1. The molecule has 3 rings (SSSR count). The van der Waals surface area contributed by atoms with Crippen LogP contribution in [-0.4, -0.2) is 32.4 Å². The molecule has 1 heterocycles. The van der Waals surface area contributed by atoms with Crippen LogP contribution in [0.2, 0.25) is 0 Å². The van der Waals surface area contributed by atoms with Gasteiger partial charge < -0.3 is 24.2 Å². The van der Waals surface area contributed by atoms with E-state index in [-0.39, 0.29) is 0 Å². The molecule has 0 aliphatic carbocycles. The third-order valence-corrected chi connectivity index (χ3v) is 4.93. The van der Waals surface area contributed by atoms with Gasteiger partial charge in [0.2, 0.25) is 0 Å². The van der Waals surface area contributed by atoms with Crippen molar-refractivity contribution in [2.24, 2.45) is 0 Å². The van der Waals surface area contributed by atoms with Crippen LogP contribution < -0.4 is 19.7 Å². The highest BCUT2D eigenvalue weighted by atomic mass is 16.5. The van der Waals surface area contributed by atoms with Gasteiger partial charge in [-0.1, -0.05) is 29.4 Å². The number of benzene rings is 2. The van der Waals surface area contributed by atoms with E-state index in [1.54, 1.807) is 7.11 Å². The molecule has 0 aliphatic rings. The average Bonchev–Trinajstić information content (AvgIpc) is 3.07. The third kappa shape index (κ3) is 5.51. The van der Waals surface area contributed by atoms with Crippen molar-refractivity contribution < 1.29 is 14.0 Å². The first kappa shape index (κ1) is 20.7. The van der Waals surface area contributed by atoms with Gasteiger partial charge in [-0.3, -0.25) is 0 Å². The molecule has 0 saturated carbocycles. The summed E-state index contributed by atoms with van der Waals surface area (Å²) in [6.45, 7) is 6.79. The number of methoxy groups -OCH3 is 1. The number of rotatable bonds is 10. The molecule has 6 nitrogen and oxygen atoms in total. The Morgan fingerprint density at radius 2 is 1.86 bits per heavy atom. The van der Waals surface area contributed by atoms with Crippen molar-refractivity contribution in [3.05, 3.63) is 71.1 Å². The van der Waals surface area contributed by atoms with Crippen LogP contribution in [0.1, 0.15) is 22.6 Å². The summed E-state index contributed by atoms with van der Waals surface area (Å²) in [6.07, 6.45) is 0. The lowest BCUT2D eigenvalue weighted by molar-refractivity contribution is 0.281. The Morgan fingerprint density at radius 1 is 1.07 bits per heavy atom. The summed E-state index contributed by atoms with van der Waals surface area (Å²) in [4.78, 5) is 2.24. The van der Waals surface area contributed by atoms with Gasteiger partial charge in [-0.15, -0.1) is 0 Å². The summed E-state index contributed by atoms with van der Waals surface area (Å²) in [6, 6.07) is 16.4. The number of aromatic nitrogens is 1. The van der Waals surface area contributed by atoms with Gasteiger partial charge in [0, 0.05) is 32.4 Å². The molecule has 0 aliphatic heterocycles. The Bertz CT molecular complexity index is 889. The van der Waals surface area contributed by atoms with Gasteiger partial charge in [-0.05, 0) is 43.7 Å². The highest BCUT2D eigenvalue weighted by molar-refractivity contribution is 5.45. The SMILES string of the molecule is COc1cc(CNCCN(C)c2ccccc2)ccc1OCc1c(C)noc1C. The number of likely N-dealkylation sites (N-methyl/N-ethyl adjacent to an activating group) is 1. The second-order valence-electron chi connectivity index (χ2n) is 7.01. The molecule has 0 bridgehead atoms. The predicted octanol–water partition coefficient (Wildman–Crippen LogP) is 4.11. The Labute approximate surface area is 172 Å². The van der Waals surface area contributed by atoms with E-state index in [4.69, 9.17) is 14.0 Å². The Hall–Kier alpha value is -2.99. The highest BCUT2D eigenvalue weighted by Gasteiger charge is 2.12. The summed E-state index contributed by atoms with van der Waals surface area (Å²) in [5, 5.41) is 7.44. The van der Waals surface area contributed by atoms with Crippen LogP contribution in [0.3, 0.4) is 0 Å². The van der Waals surface area contributed by atoms with Crippen LogP contribution in [0.25, 0.3) is 0 Å². The molecule has 0 atom stereocenters. The Morgan fingerprint density at radius 3 is 2.55 bits per heavy atom. The van der Waals surface area contributed by atoms with Crippen molar-refractivity contribution >= 4 is 5.69 Å². The van der Waals surface area contributed by atoms with E-state index >= 15 is 0 Å². The number of hydrogen-bond acceptors (Lipinski definition) is 6. The van der Waals surface area contributed by atoms with Gasteiger partial charge in [0.15, 0.2) is 11.5 Å². The molecule has 1 N–H and O–H groups in total. The first-order valence-electron chi connectivity index (χ1n) is 9.77. The molecule has 6 heteroatoms. The Kier molecular flexibility index (Phi) is 7.14. The van der Waals surface area contributed by atoms with Gasteiger partial charge in [-0.2, -0.15) is 0 Å². The molecule has 154 valence electrons. The molecule has 0 unspecified atom stereocenters. The summed E-state index contributed by atoms with van der Waals surface area (Å²) < 4.78 is 16.6. The molecule has 0 radical (unpaired) electrons. The fourth-order valence-electron chi connectivity index (χ4n) is 3.09. The van der Waals surface area contributed by atoms with Crippen LogP contribution in [0.4, 0.5) is 5.69 Å². The van der Waals surface area contributed by atoms with E-state index in [1.165, 1.54) is 5.69 Å². The highest BCUT2D eigenvalue weighted by Crippen LogP contribution is 2.29. The third-order valence-electron chi connectivity index (χ3n) is 4.93.